The van der Waals surface area contributed by atoms with E-state index in [1.807, 2.05) is 6.07 Å². The Morgan fingerprint density at radius 1 is 1.33 bits per heavy atom. The molecule has 1 aliphatic carbocycles. The molecule has 1 atom stereocenters. The van der Waals surface area contributed by atoms with E-state index in [0.717, 1.165) is 36.4 Å². The lowest BCUT2D eigenvalue weighted by molar-refractivity contribution is 0.295. The predicted molar refractivity (Wildman–Crippen MR) is 74.6 cm³/mol. The summed E-state index contributed by atoms with van der Waals surface area (Å²) in [4.78, 5) is 0. The molecule has 18 heavy (non-hydrogen) atoms. The van der Waals surface area contributed by atoms with Crippen LogP contribution in [0.25, 0.3) is 0 Å². The maximum Gasteiger partial charge on any atom is 0.141 e. The number of aryl methyl sites for hydroxylation is 1. The lowest BCUT2D eigenvalue weighted by atomic mass is 9.95. The van der Waals surface area contributed by atoms with Crippen LogP contribution in [-0.2, 0) is 0 Å². The van der Waals surface area contributed by atoms with Crippen molar-refractivity contribution in [3.63, 3.8) is 0 Å². The van der Waals surface area contributed by atoms with Crippen molar-refractivity contribution in [3.05, 3.63) is 28.3 Å². The van der Waals surface area contributed by atoms with Gasteiger partial charge in [0, 0.05) is 18.0 Å². The zero-order valence-electron chi connectivity index (χ0n) is 10.8. The fourth-order valence-corrected chi connectivity index (χ4v) is 2.95. The molecule has 2 nitrogen and oxygen atoms in total. The monoisotopic (exact) mass is 265 g/mol. The molecule has 0 spiro atoms. The van der Waals surface area contributed by atoms with E-state index in [1.165, 1.54) is 30.4 Å². The Labute approximate surface area is 114 Å². The van der Waals surface area contributed by atoms with Gasteiger partial charge in [0.15, 0.2) is 0 Å². The fourth-order valence-electron chi connectivity index (χ4n) is 2.62. The van der Waals surface area contributed by atoms with Gasteiger partial charge in [-0.05, 0) is 50.3 Å². The lowest BCUT2D eigenvalue weighted by Gasteiger charge is -2.18. The summed E-state index contributed by atoms with van der Waals surface area (Å²) in [6.07, 6.45) is 3.80. The summed E-state index contributed by atoms with van der Waals surface area (Å²) in [6, 6.07) is 4.25. The van der Waals surface area contributed by atoms with Gasteiger partial charge in [-0.15, -0.1) is 0 Å². The first-order chi connectivity index (χ1) is 8.74. The highest BCUT2D eigenvalue weighted by Crippen LogP contribution is 2.39. The van der Waals surface area contributed by atoms with Crippen molar-refractivity contribution in [2.24, 2.45) is 5.92 Å². The Bertz CT molecular complexity index is 436. The second kappa shape index (κ2) is 5.10. The Kier molecular flexibility index (Phi) is 3.49. The molecule has 0 bridgehead atoms. The van der Waals surface area contributed by atoms with Crippen molar-refractivity contribution in [1.29, 1.82) is 0 Å². The van der Waals surface area contributed by atoms with Gasteiger partial charge in [-0.1, -0.05) is 17.7 Å². The highest BCUT2D eigenvalue weighted by atomic mass is 35.5. The van der Waals surface area contributed by atoms with E-state index in [1.54, 1.807) is 0 Å². The van der Waals surface area contributed by atoms with Gasteiger partial charge in [0.05, 0.1) is 11.6 Å². The minimum absolute atomic E-state index is 0.552. The number of benzene rings is 1. The van der Waals surface area contributed by atoms with Crippen molar-refractivity contribution in [2.75, 3.05) is 19.7 Å². The minimum Gasteiger partial charge on any atom is -0.491 e. The topological polar surface area (TPSA) is 21.3 Å². The van der Waals surface area contributed by atoms with Gasteiger partial charge in [-0.3, -0.25) is 0 Å². The second-order valence-corrected chi connectivity index (χ2v) is 6.02. The standard InChI is InChI=1S/C15H20ClNO/c1-10-6-13(12-4-5-17-8-12)15(14(16)7-10)18-9-11-2-3-11/h6-7,11-12,17H,2-5,8-9H2,1H3. The SMILES string of the molecule is Cc1cc(Cl)c(OCC2CC2)c(C2CCNC2)c1. The van der Waals surface area contributed by atoms with Gasteiger partial charge < -0.3 is 10.1 Å². The molecule has 1 N–H and O–H groups in total. The lowest BCUT2D eigenvalue weighted by Crippen LogP contribution is -2.10. The summed E-state index contributed by atoms with van der Waals surface area (Å²) in [5.41, 5.74) is 2.52. The van der Waals surface area contributed by atoms with E-state index in [4.69, 9.17) is 16.3 Å². The maximum atomic E-state index is 6.37. The Balaban J connectivity index is 1.86. The van der Waals surface area contributed by atoms with Gasteiger partial charge in [0.2, 0.25) is 0 Å². The molecule has 3 heteroatoms. The molecule has 1 heterocycles. The number of halogens is 1. The van der Waals surface area contributed by atoms with E-state index < -0.39 is 0 Å². The van der Waals surface area contributed by atoms with E-state index >= 15 is 0 Å². The number of hydrogen-bond donors (Lipinski definition) is 1. The van der Waals surface area contributed by atoms with Gasteiger partial charge in [-0.25, -0.2) is 0 Å². The average Bonchev–Trinajstić information content (AvgIpc) is 3.00. The summed E-state index contributed by atoms with van der Waals surface area (Å²) >= 11 is 6.37. The van der Waals surface area contributed by atoms with Crippen LogP contribution >= 0.6 is 11.6 Å². The van der Waals surface area contributed by atoms with Gasteiger partial charge in [-0.2, -0.15) is 0 Å². The molecule has 1 saturated heterocycles. The predicted octanol–water partition coefficient (Wildman–Crippen LogP) is 3.51. The third kappa shape index (κ3) is 2.65. The van der Waals surface area contributed by atoms with E-state index in [9.17, 15) is 0 Å². The summed E-state index contributed by atoms with van der Waals surface area (Å²) in [5, 5.41) is 4.19. The number of nitrogens with one attached hydrogen (secondary N) is 1. The molecule has 0 amide bonds. The molecular weight excluding hydrogens is 246 g/mol. The van der Waals surface area contributed by atoms with Crippen LogP contribution in [0.5, 0.6) is 5.75 Å². The first-order valence-electron chi connectivity index (χ1n) is 6.87. The molecule has 1 saturated carbocycles. The van der Waals surface area contributed by atoms with Crippen LogP contribution in [0.2, 0.25) is 5.02 Å². The molecule has 2 aliphatic rings. The first kappa shape index (κ1) is 12.3. The first-order valence-corrected chi connectivity index (χ1v) is 7.25. The number of ether oxygens (including phenoxy) is 1. The molecule has 2 fully saturated rings. The molecule has 1 unspecified atom stereocenters. The van der Waals surface area contributed by atoms with E-state index in [-0.39, 0.29) is 0 Å². The van der Waals surface area contributed by atoms with Crippen LogP contribution in [0.15, 0.2) is 12.1 Å². The largest absolute Gasteiger partial charge is 0.491 e. The Morgan fingerprint density at radius 3 is 2.83 bits per heavy atom. The van der Waals surface area contributed by atoms with Crippen molar-refractivity contribution in [1.82, 2.24) is 5.32 Å². The molecule has 98 valence electrons. The summed E-state index contributed by atoms with van der Waals surface area (Å²) < 4.78 is 6.00. The van der Waals surface area contributed by atoms with Gasteiger partial charge in [0.1, 0.15) is 5.75 Å². The van der Waals surface area contributed by atoms with Gasteiger partial charge >= 0.3 is 0 Å². The molecule has 3 rings (SSSR count). The highest BCUT2D eigenvalue weighted by molar-refractivity contribution is 6.32. The highest BCUT2D eigenvalue weighted by Gasteiger charge is 2.26. The zero-order chi connectivity index (χ0) is 12.5. The van der Waals surface area contributed by atoms with Crippen molar-refractivity contribution < 1.29 is 4.74 Å². The molecule has 0 aromatic heterocycles. The zero-order valence-corrected chi connectivity index (χ0v) is 11.6. The average molecular weight is 266 g/mol. The van der Waals surface area contributed by atoms with Crippen molar-refractivity contribution in [2.45, 2.75) is 32.1 Å². The normalized spacial score (nSPS) is 23.3. The molecule has 1 aromatic carbocycles. The third-order valence-electron chi connectivity index (χ3n) is 3.88. The van der Waals surface area contributed by atoms with Crippen molar-refractivity contribution in [3.8, 4) is 5.75 Å². The Hall–Kier alpha value is -0.730. The van der Waals surface area contributed by atoms with Crippen LogP contribution in [0.3, 0.4) is 0 Å². The summed E-state index contributed by atoms with van der Waals surface area (Å²) in [5.74, 6) is 2.25. The third-order valence-corrected chi connectivity index (χ3v) is 4.16. The smallest absolute Gasteiger partial charge is 0.141 e. The molecule has 1 aliphatic heterocycles. The molecular formula is C15H20ClNO. The van der Waals surface area contributed by atoms with Crippen LogP contribution in [0.4, 0.5) is 0 Å². The minimum atomic E-state index is 0.552. The Morgan fingerprint density at radius 2 is 2.17 bits per heavy atom. The van der Waals surface area contributed by atoms with Crippen LogP contribution in [0.1, 0.15) is 36.3 Å². The number of rotatable bonds is 4. The maximum absolute atomic E-state index is 6.37. The fraction of sp³-hybridized carbons (Fsp3) is 0.600. The second-order valence-electron chi connectivity index (χ2n) is 5.61. The summed E-state index contributed by atoms with van der Waals surface area (Å²) in [6.45, 7) is 5.07. The summed E-state index contributed by atoms with van der Waals surface area (Å²) in [7, 11) is 0. The van der Waals surface area contributed by atoms with E-state index in [2.05, 4.69) is 18.3 Å². The van der Waals surface area contributed by atoms with Crippen molar-refractivity contribution >= 4 is 11.6 Å². The molecule has 1 aromatic rings. The van der Waals surface area contributed by atoms with Crippen LogP contribution < -0.4 is 10.1 Å². The van der Waals surface area contributed by atoms with Gasteiger partial charge in [0.25, 0.3) is 0 Å². The molecule has 0 radical (unpaired) electrons. The van der Waals surface area contributed by atoms with Crippen LogP contribution in [0, 0.1) is 12.8 Å². The van der Waals surface area contributed by atoms with E-state index in [0.29, 0.717) is 5.92 Å². The quantitative estimate of drug-likeness (QED) is 0.900. The number of hydrogen-bond acceptors (Lipinski definition) is 2. The van der Waals surface area contributed by atoms with Crippen LogP contribution in [-0.4, -0.2) is 19.7 Å².